The van der Waals surface area contributed by atoms with E-state index >= 15 is 0 Å². The second-order valence-corrected chi connectivity index (χ2v) is 5.32. The molecule has 0 aliphatic carbocycles. The molecule has 0 fully saturated rings. The molecule has 1 aromatic rings. The van der Waals surface area contributed by atoms with Crippen LogP contribution in [0.1, 0.15) is 6.42 Å². The van der Waals surface area contributed by atoms with Gasteiger partial charge in [0.1, 0.15) is 6.04 Å². The molecule has 0 spiro atoms. The number of sulfonamides is 1. The number of rotatable bonds is 6. The van der Waals surface area contributed by atoms with E-state index in [0.717, 1.165) is 7.11 Å². The number of hydrogen-bond acceptors (Lipinski definition) is 5. The molecule has 104 valence electrons. The van der Waals surface area contributed by atoms with Crippen molar-refractivity contribution >= 4 is 22.0 Å². The minimum absolute atomic E-state index is 0.0777. The Morgan fingerprint density at radius 2 is 1.89 bits per heavy atom. The maximum Gasteiger partial charge on any atom is 0.322 e. The van der Waals surface area contributed by atoms with Crippen LogP contribution >= 0.6 is 0 Å². The van der Waals surface area contributed by atoms with Gasteiger partial charge in [-0.05, 0) is 12.1 Å². The van der Waals surface area contributed by atoms with Gasteiger partial charge in [0.05, 0.1) is 18.4 Å². The lowest BCUT2D eigenvalue weighted by Crippen LogP contribution is -2.42. The van der Waals surface area contributed by atoms with Crippen LogP contribution in [0.3, 0.4) is 0 Å². The number of nitrogens with one attached hydrogen (secondary N) is 1. The van der Waals surface area contributed by atoms with Gasteiger partial charge in [-0.1, -0.05) is 18.2 Å². The molecule has 0 amide bonds. The first-order valence-electron chi connectivity index (χ1n) is 5.24. The Bertz CT molecular complexity index is 554. The van der Waals surface area contributed by atoms with E-state index in [4.69, 9.17) is 5.11 Å². The summed E-state index contributed by atoms with van der Waals surface area (Å²) in [5.41, 5.74) is 0. The van der Waals surface area contributed by atoms with Gasteiger partial charge in [-0.2, -0.15) is 4.72 Å². The molecule has 0 heterocycles. The average Bonchev–Trinajstić information content (AvgIpc) is 2.38. The normalized spacial score (nSPS) is 12.7. The summed E-state index contributed by atoms with van der Waals surface area (Å²) >= 11 is 0. The number of carbonyl (C=O) groups excluding carboxylic acids is 1. The molecule has 0 aliphatic heterocycles. The number of carboxylic acid groups (broad SMARTS) is 1. The van der Waals surface area contributed by atoms with Crippen molar-refractivity contribution in [3.63, 3.8) is 0 Å². The third-order valence-electron chi connectivity index (χ3n) is 2.25. The van der Waals surface area contributed by atoms with Gasteiger partial charge in [0.2, 0.25) is 10.0 Å². The third kappa shape index (κ3) is 4.34. The fourth-order valence-corrected chi connectivity index (χ4v) is 2.49. The van der Waals surface area contributed by atoms with Gasteiger partial charge in [0, 0.05) is 0 Å². The zero-order valence-electron chi connectivity index (χ0n) is 10.1. The number of carboxylic acids is 1. The average molecular weight is 287 g/mol. The molecule has 0 bridgehead atoms. The van der Waals surface area contributed by atoms with Gasteiger partial charge in [-0.3, -0.25) is 9.59 Å². The molecular weight excluding hydrogens is 274 g/mol. The van der Waals surface area contributed by atoms with Crippen molar-refractivity contribution in [3.05, 3.63) is 30.3 Å². The summed E-state index contributed by atoms with van der Waals surface area (Å²) in [6.07, 6.45) is -0.585. The van der Waals surface area contributed by atoms with Crippen LogP contribution in [0.5, 0.6) is 0 Å². The highest BCUT2D eigenvalue weighted by Crippen LogP contribution is 2.09. The Kier molecular flexibility index (Phi) is 5.02. The maximum atomic E-state index is 11.9. The first-order chi connectivity index (χ1) is 8.86. The first-order valence-corrected chi connectivity index (χ1v) is 6.72. The number of benzene rings is 1. The van der Waals surface area contributed by atoms with Crippen LogP contribution in [0.25, 0.3) is 0 Å². The molecular formula is C11H13NO6S. The van der Waals surface area contributed by atoms with Gasteiger partial charge in [0.15, 0.2) is 0 Å². The monoisotopic (exact) mass is 287 g/mol. The molecule has 0 aliphatic rings. The molecule has 19 heavy (non-hydrogen) atoms. The topological polar surface area (TPSA) is 110 Å². The summed E-state index contributed by atoms with van der Waals surface area (Å²) in [5.74, 6) is -2.27. The molecule has 0 unspecified atom stereocenters. The molecule has 0 aromatic heterocycles. The van der Waals surface area contributed by atoms with Crippen molar-refractivity contribution in [1.82, 2.24) is 4.72 Å². The highest BCUT2D eigenvalue weighted by atomic mass is 32.2. The number of aliphatic carboxylic acids is 1. The minimum atomic E-state index is -4.00. The van der Waals surface area contributed by atoms with Gasteiger partial charge in [0.25, 0.3) is 0 Å². The van der Waals surface area contributed by atoms with E-state index in [9.17, 15) is 18.0 Å². The summed E-state index contributed by atoms with van der Waals surface area (Å²) < 4.78 is 30.0. The van der Waals surface area contributed by atoms with Gasteiger partial charge >= 0.3 is 11.9 Å². The quantitative estimate of drug-likeness (QED) is 0.712. The van der Waals surface area contributed by atoms with E-state index in [1.54, 1.807) is 6.07 Å². The molecule has 7 nitrogen and oxygen atoms in total. The van der Waals surface area contributed by atoms with Crippen LogP contribution < -0.4 is 4.72 Å². The molecule has 8 heteroatoms. The van der Waals surface area contributed by atoms with Crippen LogP contribution in [-0.4, -0.2) is 38.6 Å². The lowest BCUT2D eigenvalue weighted by atomic mass is 10.2. The molecule has 0 saturated heterocycles. The van der Waals surface area contributed by atoms with E-state index in [-0.39, 0.29) is 4.90 Å². The lowest BCUT2D eigenvalue weighted by molar-refractivity contribution is -0.147. The standard InChI is InChI=1S/C11H13NO6S/c1-18-10(13)7-9(11(14)15)12-19(16,17)8-5-3-2-4-6-8/h2-6,9,12H,7H2,1H3,(H,14,15)/t9-/m0/s1. The summed E-state index contributed by atoms with van der Waals surface area (Å²) in [7, 11) is -2.91. The van der Waals surface area contributed by atoms with Crippen LogP contribution in [0, 0.1) is 0 Å². The number of carbonyl (C=O) groups is 2. The van der Waals surface area contributed by atoms with Gasteiger partial charge in [-0.25, -0.2) is 8.42 Å². The van der Waals surface area contributed by atoms with Crippen molar-refractivity contribution in [3.8, 4) is 0 Å². The number of esters is 1. The van der Waals surface area contributed by atoms with Crippen LogP contribution in [-0.2, 0) is 24.3 Å². The fraction of sp³-hybridized carbons (Fsp3) is 0.273. The Morgan fingerprint density at radius 3 is 2.37 bits per heavy atom. The third-order valence-corrected chi connectivity index (χ3v) is 3.74. The molecule has 1 aromatic carbocycles. The molecule has 2 N–H and O–H groups in total. The minimum Gasteiger partial charge on any atom is -0.480 e. The lowest BCUT2D eigenvalue weighted by Gasteiger charge is -2.13. The molecule has 1 rings (SSSR count). The van der Waals surface area contributed by atoms with Gasteiger partial charge < -0.3 is 9.84 Å². The van der Waals surface area contributed by atoms with Crippen LogP contribution in [0.15, 0.2) is 35.2 Å². The highest BCUT2D eigenvalue weighted by molar-refractivity contribution is 7.89. The molecule has 0 saturated carbocycles. The predicted molar refractivity (Wildman–Crippen MR) is 64.8 cm³/mol. The summed E-state index contributed by atoms with van der Waals surface area (Å²) in [6.45, 7) is 0. The predicted octanol–water partition coefficient (Wildman–Crippen LogP) is -0.0188. The van der Waals surface area contributed by atoms with Crippen molar-refractivity contribution in [2.45, 2.75) is 17.4 Å². The van der Waals surface area contributed by atoms with Crippen molar-refractivity contribution in [1.29, 1.82) is 0 Å². The smallest absolute Gasteiger partial charge is 0.322 e. The Labute approximate surface area is 110 Å². The maximum absolute atomic E-state index is 11.9. The van der Waals surface area contributed by atoms with E-state index < -0.39 is 34.4 Å². The summed E-state index contributed by atoms with van der Waals surface area (Å²) in [6, 6.07) is 5.70. The largest absolute Gasteiger partial charge is 0.480 e. The van der Waals surface area contributed by atoms with Crippen LogP contribution in [0.4, 0.5) is 0 Å². The SMILES string of the molecule is COC(=O)C[C@H](NS(=O)(=O)c1ccccc1)C(=O)O. The van der Waals surface area contributed by atoms with E-state index in [1.807, 2.05) is 4.72 Å². The summed E-state index contributed by atoms with van der Waals surface area (Å²) in [4.78, 5) is 21.9. The van der Waals surface area contributed by atoms with E-state index in [2.05, 4.69) is 4.74 Å². The van der Waals surface area contributed by atoms with Crippen molar-refractivity contribution in [2.24, 2.45) is 0 Å². The molecule has 1 atom stereocenters. The fourth-order valence-electron chi connectivity index (χ4n) is 1.28. The number of methoxy groups -OCH3 is 1. The Balaban J connectivity index is 2.91. The van der Waals surface area contributed by atoms with Gasteiger partial charge in [-0.15, -0.1) is 0 Å². The second-order valence-electron chi connectivity index (χ2n) is 3.61. The number of hydrogen-bond donors (Lipinski definition) is 2. The van der Waals surface area contributed by atoms with E-state index in [1.165, 1.54) is 24.3 Å². The first kappa shape index (κ1) is 15.1. The summed E-state index contributed by atoms with van der Waals surface area (Å²) in [5, 5.41) is 8.89. The van der Waals surface area contributed by atoms with Crippen LogP contribution in [0.2, 0.25) is 0 Å². The number of ether oxygens (including phenoxy) is 1. The second kappa shape index (κ2) is 6.30. The van der Waals surface area contributed by atoms with Crippen molar-refractivity contribution < 1.29 is 27.9 Å². The zero-order chi connectivity index (χ0) is 14.5. The van der Waals surface area contributed by atoms with E-state index in [0.29, 0.717) is 0 Å². The highest BCUT2D eigenvalue weighted by Gasteiger charge is 2.27. The van der Waals surface area contributed by atoms with Crippen molar-refractivity contribution in [2.75, 3.05) is 7.11 Å². The Hall–Kier alpha value is -1.93. The Morgan fingerprint density at radius 1 is 1.32 bits per heavy atom. The zero-order valence-corrected chi connectivity index (χ0v) is 10.9. The molecule has 0 radical (unpaired) electrons.